The molecule has 0 amide bonds. The fourth-order valence-electron chi connectivity index (χ4n) is 2.56. The molecule has 0 saturated carbocycles. The molecular formula is C15H9BClF3N2O3S. The largest absolute Gasteiger partial charge is 0.505 e. The van der Waals surface area contributed by atoms with Crippen LogP contribution in [-0.4, -0.2) is 35.4 Å². The summed E-state index contributed by atoms with van der Waals surface area (Å²) in [5.41, 5.74) is -0.898. The molecule has 0 aliphatic carbocycles. The van der Waals surface area contributed by atoms with Crippen molar-refractivity contribution in [3.05, 3.63) is 38.8 Å². The summed E-state index contributed by atoms with van der Waals surface area (Å²) in [7, 11) is 5.32. The Morgan fingerprint density at radius 2 is 2.12 bits per heavy atom. The van der Waals surface area contributed by atoms with Gasteiger partial charge >= 0.3 is 0 Å². The topological polar surface area (TPSA) is 64.3 Å². The molecule has 0 bridgehead atoms. The first-order valence-corrected chi connectivity index (χ1v) is 8.40. The molecule has 1 aromatic carbocycles. The minimum absolute atomic E-state index is 0.0540. The number of nitrogens with zero attached hydrogens (tertiary/aromatic N) is 2. The predicted octanol–water partition coefficient (Wildman–Crippen LogP) is 3.39. The van der Waals surface area contributed by atoms with Gasteiger partial charge in [0.15, 0.2) is 5.65 Å². The molecule has 1 N–H and O–H groups in total. The Morgan fingerprint density at radius 3 is 2.77 bits per heavy atom. The van der Waals surface area contributed by atoms with Crippen LogP contribution in [-0.2, 0) is 6.54 Å². The Labute approximate surface area is 155 Å². The van der Waals surface area contributed by atoms with Crippen LogP contribution in [0.1, 0.15) is 0 Å². The Bertz CT molecular complexity index is 1040. The Balaban J connectivity index is 2.44. The van der Waals surface area contributed by atoms with Crippen LogP contribution in [0.4, 0.5) is 13.2 Å². The van der Waals surface area contributed by atoms with Gasteiger partial charge in [-0.3, -0.25) is 9.36 Å². The van der Waals surface area contributed by atoms with E-state index in [9.17, 15) is 23.1 Å². The lowest BCUT2D eigenvalue weighted by Crippen LogP contribution is -2.26. The maximum Gasteiger partial charge on any atom is 0.264 e. The number of rotatable bonds is 5. The van der Waals surface area contributed by atoms with Gasteiger partial charge in [-0.15, -0.1) is 11.3 Å². The van der Waals surface area contributed by atoms with E-state index in [1.807, 2.05) is 0 Å². The maximum atomic E-state index is 14.5. The molecule has 26 heavy (non-hydrogen) atoms. The highest BCUT2D eigenvalue weighted by atomic mass is 35.5. The molecule has 2 heterocycles. The van der Waals surface area contributed by atoms with E-state index in [1.165, 1.54) is 11.6 Å². The second kappa shape index (κ2) is 7.20. The molecule has 0 atom stereocenters. The first-order chi connectivity index (χ1) is 12.4. The molecule has 2 radical (unpaired) electrons. The highest BCUT2D eigenvalue weighted by Gasteiger charge is 2.27. The highest BCUT2D eigenvalue weighted by molar-refractivity contribution is 7.17. The van der Waals surface area contributed by atoms with Crippen molar-refractivity contribution in [3.8, 4) is 22.6 Å². The Morgan fingerprint density at radius 1 is 1.38 bits per heavy atom. The van der Waals surface area contributed by atoms with Crippen LogP contribution in [0.5, 0.6) is 11.5 Å². The summed E-state index contributed by atoms with van der Waals surface area (Å²) < 4.78 is 46.2. The van der Waals surface area contributed by atoms with E-state index >= 15 is 0 Å². The molecule has 2 aromatic heterocycles. The average molecular weight is 401 g/mol. The van der Waals surface area contributed by atoms with E-state index in [1.54, 1.807) is 0 Å². The average Bonchev–Trinajstić information content (AvgIpc) is 3.07. The number of alkyl halides is 2. The van der Waals surface area contributed by atoms with Gasteiger partial charge in [0.1, 0.15) is 29.9 Å². The van der Waals surface area contributed by atoms with Crippen LogP contribution in [0, 0.1) is 5.82 Å². The normalized spacial score (nSPS) is 11.4. The number of aromatic nitrogens is 2. The van der Waals surface area contributed by atoms with E-state index in [2.05, 4.69) is 4.98 Å². The van der Waals surface area contributed by atoms with Crippen LogP contribution in [0.25, 0.3) is 21.5 Å². The van der Waals surface area contributed by atoms with E-state index in [-0.39, 0.29) is 27.6 Å². The number of pyridine rings is 1. The summed E-state index contributed by atoms with van der Waals surface area (Å²) in [6.07, 6.45) is -2.86. The molecule has 134 valence electrons. The van der Waals surface area contributed by atoms with E-state index in [4.69, 9.17) is 24.2 Å². The zero-order valence-electron chi connectivity index (χ0n) is 12.9. The molecule has 11 heteroatoms. The summed E-state index contributed by atoms with van der Waals surface area (Å²) in [4.78, 5) is 16.6. The van der Waals surface area contributed by atoms with Crippen molar-refractivity contribution >= 4 is 41.1 Å². The van der Waals surface area contributed by atoms with Gasteiger partial charge in [0.05, 0.1) is 28.2 Å². The molecule has 0 unspecified atom stereocenters. The van der Waals surface area contributed by atoms with Gasteiger partial charge in [0.2, 0.25) is 0 Å². The minimum Gasteiger partial charge on any atom is -0.505 e. The predicted molar refractivity (Wildman–Crippen MR) is 93.2 cm³/mol. The third-order valence-electron chi connectivity index (χ3n) is 3.57. The van der Waals surface area contributed by atoms with Crippen molar-refractivity contribution in [1.29, 1.82) is 0 Å². The number of thiazole rings is 1. The lowest BCUT2D eigenvalue weighted by atomic mass is 10.0. The van der Waals surface area contributed by atoms with Crippen molar-refractivity contribution < 1.29 is 23.0 Å². The van der Waals surface area contributed by atoms with Crippen LogP contribution in [0.15, 0.2) is 22.4 Å². The molecule has 0 fully saturated rings. The van der Waals surface area contributed by atoms with E-state index in [0.717, 1.165) is 17.4 Å². The number of hydrogen-bond donors (Lipinski definition) is 1. The van der Waals surface area contributed by atoms with Gasteiger partial charge in [-0.2, -0.15) is 0 Å². The maximum absolute atomic E-state index is 14.5. The fourth-order valence-corrected chi connectivity index (χ4v) is 3.52. The van der Waals surface area contributed by atoms with E-state index < -0.39 is 41.2 Å². The van der Waals surface area contributed by atoms with Crippen molar-refractivity contribution in [3.63, 3.8) is 0 Å². The number of fused-ring (bicyclic) bond motifs is 1. The molecule has 0 aliphatic heterocycles. The second-order valence-corrected chi connectivity index (χ2v) is 6.34. The van der Waals surface area contributed by atoms with Gasteiger partial charge in [0.25, 0.3) is 12.0 Å². The lowest BCUT2D eigenvalue weighted by Gasteiger charge is -2.16. The van der Waals surface area contributed by atoms with Gasteiger partial charge < -0.3 is 9.84 Å². The highest BCUT2D eigenvalue weighted by Crippen LogP contribution is 2.43. The molecule has 0 aliphatic rings. The summed E-state index contributed by atoms with van der Waals surface area (Å²) in [6.45, 7) is -1.35. The van der Waals surface area contributed by atoms with Crippen molar-refractivity contribution in [2.45, 2.75) is 13.0 Å². The first kappa shape index (κ1) is 18.6. The number of benzene rings is 1. The summed E-state index contributed by atoms with van der Waals surface area (Å²) >= 11 is 6.90. The van der Waals surface area contributed by atoms with Gasteiger partial charge in [-0.25, -0.2) is 18.2 Å². The van der Waals surface area contributed by atoms with Crippen molar-refractivity contribution in [1.82, 2.24) is 9.55 Å². The number of halogens is 4. The van der Waals surface area contributed by atoms with Crippen LogP contribution < -0.4 is 10.3 Å². The minimum atomic E-state index is -2.86. The standard InChI is InChI=1S/C15H9BClF3N2O3S/c16-4-25-12-6(17)1-2-7(18)9(12)10-11(23)13-14(21-5-26-13)22(15(10)24)3-8(19)20/h1-2,5,8,23H,3-4H2. The Hall–Kier alpha value is -2.20. The third kappa shape index (κ3) is 3.03. The van der Waals surface area contributed by atoms with E-state index in [0.29, 0.717) is 4.57 Å². The molecular weight excluding hydrogens is 392 g/mol. The second-order valence-electron chi connectivity index (χ2n) is 5.08. The zero-order chi connectivity index (χ0) is 19.0. The van der Waals surface area contributed by atoms with Gasteiger partial charge in [0, 0.05) is 6.51 Å². The summed E-state index contributed by atoms with van der Waals surface area (Å²) in [5.74, 6) is -1.80. The lowest BCUT2D eigenvalue weighted by molar-refractivity contribution is 0.126. The quantitative estimate of drug-likeness (QED) is 0.667. The zero-order valence-corrected chi connectivity index (χ0v) is 14.5. The Kier molecular flexibility index (Phi) is 5.15. The van der Waals surface area contributed by atoms with Crippen molar-refractivity contribution in [2.24, 2.45) is 0 Å². The van der Waals surface area contributed by atoms with Crippen LogP contribution in [0.3, 0.4) is 0 Å². The molecule has 0 saturated heterocycles. The fraction of sp³-hybridized carbons (Fsp3) is 0.200. The first-order valence-electron chi connectivity index (χ1n) is 7.15. The monoisotopic (exact) mass is 400 g/mol. The van der Waals surface area contributed by atoms with Gasteiger partial charge in [-0.1, -0.05) is 11.6 Å². The summed E-state index contributed by atoms with van der Waals surface area (Å²) in [6, 6.07) is 2.15. The van der Waals surface area contributed by atoms with Gasteiger partial charge in [-0.05, 0) is 12.1 Å². The number of ether oxygens (including phenoxy) is 1. The van der Waals surface area contributed by atoms with Crippen LogP contribution in [0.2, 0.25) is 5.02 Å². The van der Waals surface area contributed by atoms with Crippen LogP contribution >= 0.6 is 22.9 Å². The molecule has 3 aromatic rings. The van der Waals surface area contributed by atoms with Crippen molar-refractivity contribution in [2.75, 3.05) is 6.51 Å². The third-order valence-corrected chi connectivity index (χ3v) is 4.69. The number of aromatic hydroxyl groups is 1. The molecule has 5 nitrogen and oxygen atoms in total. The smallest absolute Gasteiger partial charge is 0.264 e. The SMILES string of the molecule is [B]COc1c(Cl)ccc(F)c1-c1c(O)c2scnc2n(CC(F)F)c1=O. The number of hydrogen-bond acceptors (Lipinski definition) is 5. The molecule has 0 spiro atoms. The molecule has 3 rings (SSSR count). The summed E-state index contributed by atoms with van der Waals surface area (Å²) in [5, 5.41) is 10.5.